The predicted octanol–water partition coefficient (Wildman–Crippen LogP) is 4.10. The van der Waals surface area contributed by atoms with Crippen LogP contribution in [0.15, 0.2) is 30.3 Å². The van der Waals surface area contributed by atoms with Crippen molar-refractivity contribution < 1.29 is 9.53 Å². The average Bonchev–Trinajstić information content (AvgIpc) is 2.90. The molecule has 1 N–H and O–H groups in total. The van der Waals surface area contributed by atoms with E-state index in [0.29, 0.717) is 12.6 Å². The molecule has 1 aromatic carbocycles. The summed E-state index contributed by atoms with van der Waals surface area (Å²) in [5.74, 6) is 0. The SMILES string of the molecule is O=C(NC1CCCOCC1)N(Cc1ccccc1)C1CCCCC1. The third kappa shape index (κ3) is 4.97. The molecule has 0 radical (unpaired) electrons. The Morgan fingerprint density at radius 2 is 1.79 bits per heavy atom. The zero-order valence-electron chi connectivity index (χ0n) is 14.6. The van der Waals surface area contributed by atoms with Gasteiger partial charge < -0.3 is 15.0 Å². The Kier molecular flexibility index (Phi) is 6.53. The van der Waals surface area contributed by atoms with E-state index in [2.05, 4.69) is 34.5 Å². The number of hydrogen-bond donors (Lipinski definition) is 1. The maximum atomic E-state index is 13.0. The second-order valence-electron chi connectivity index (χ2n) is 7.10. The Bertz CT molecular complexity index is 492. The zero-order valence-corrected chi connectivity index (χ0v) is 14.6. The van der Waals surface area contributed by atoms with E-state index in [1.807, 2.05) is 6.07 Å². The summed E-state index contributed by atoms with van der Waals surface area (Å²) in [7, 11) is 0. The van der Waals surface area contributed by atoms with Gasteiger partial charge in [0.2, 0.25) is 0 Å². The van der Waals surface area contributed by atoms with Crippen LogP contribution in [0, 0.1) is 0 Å². The fraction of sp³-hybridized carbons (Fsp3) is 0.650. The van der Waals surface area contributed by atoms with Crippen molar-refractivity contribution in [1.29, 1.82) is 0 Å². The van der Waals surface area contributed by atoms with E-state index in [9.17, 15) is 4.79 Å². The molecule has 0 aromatic heterocycles. The van der Waals surface area contributed by atoms with E-state index < -0.39 is 0 Å². The summed E-state index contributed by atoms with van der Waals surface area (Å²) in [5, 5.41) is 3.28. The fourth-order valence-electron chi connectivity index (χ4n) is 3.85. The lowest BCUT2D eigenvalue weighted by Gasteiger charge is -2.35. The number of nitrogens with one attached hydrogen (secondary N) is 1. The molecule has 1 aliphatic heterocycles. The Hall–Kier alpha value is -1.55. The third-order valence-corrected chi connectivity index (χ3v) is 5.25. The summed E-state index contributed by atoms with van der Waals surface area (Å²) in [4.78, 5) is 15.1. The van der Waals surface area contributed by atoms with Crippen LogP contribution in [-0.4, -0.2) is 36.2 Å². The van der Waals surface area contributed by atoms with Crippen LogP contribution in [-0.2, 0) is 11.3 Å². The van der Waals surface area contributed by atoms with Crippen molar-refractivity contribution >= 4 is 6.03 Å². The van der Waals surface area contributed by atoms with Crippen LogP contribution in [0.25, 0.3) is 0 Å². The molecular weight excluding hydrogens is 300 g/mol. The molecule has 1 saturated carbocycles. The first-order valence-electron chi connectivity index (χ1n) is 9.52. The maximum Gasteiger partial charge on any atom is 0.318 e. The Balaban J connectivity index is 1.66. The van der Waals surface area contributed by atoms with Crippen LogP contribution in [0.3, 0.4) is 0 Å². The molecule has 132 valence electrons. The van der Waals surface area contributed by atoms with Gasteiger partial charge in [0.05, 0.1) is 0 Å². The molecule has 3 rings (SSSR count). The van der Waals surface area contributed by atoms with Gasteiger partial charge in [0.15, 0.2) is 0 Å². The average molecular weight is 330 g/mol. The summed E-state index contributed by atoms with van der Waals surface area (Å²) in [6.07, 6.45) is 9.03. The molecule has 2 aliphatic rings. The van der Waals surface area contributed by atoms with E-state index in [4.69, 9.17) is 4.74 Å². The maximum absolute atomic E-state index is 13.0. The minimum absolute atomic E-state index is 0.109. The van der Waals surface area contributed by atoms with E-state index >= 15 is 0 Å². The molecule has 4 heteroatoms. The number of urea groups is 1. The first-order valence-corrected chi connectivity index (χ1v) is 9.52. The van der Waals surface area contributed by atoms with Crippen LogP contribution in [0.4, 0.5) is 4.79 Å². The zero-order chi connectivity index (χ0) is 16.6. The van der Waals surface area contributed by atoms with Crippen LogP contribution in [0.5, 0.6) is 0 Å². The van der Waals surface area contributed by atoms with Gasteiger partial charge in [0.1, 0.15) is 0 Å². The molecule has 24 heavy (non-hydrogen) atoms. The molecule has 1 aliphatic carbocycles. The lowest BCUT2D eigenvalue weighted by Crippen LogP contribution is -2.49. The van der Waals surface area contributed by atoms with E-state index in [1.165, 1.54) is 24.8 Å². The Morgan fingerprint density at radius 1 is 1.00 bits per heavy atom. The van der Waals surface area contributed by atoms with Gasteiger partial charge in [-0.25, -0.2) is 4.79 Å². The number of ether oxygens (including phenoxy) is 1. The Labute approximate surface area is 145 Å². The summed E-state index contributed by atoms with van der Waals surface area (Å²) >= 11 is 0. The van der Waals surface area contributed by atoms with Crippen molar-refractivity contribution in [3.05, 3.63) is 35.9 Å². The highest BCUT2D eigenvalue weighted by Crippen LogP contribution is 2.24. The molecule has 2 amide bonds. The first-order chi connectivity index (χ1) is 11.8. The predicted molar refractivity (Wildman–Crippen MR) is 95.8 cm³/mol. The number of amides is 2. The second kappa shape index (κ2) is 9.07. The van der Waals surface area contributed by atoms with Crippen molar-refractivity contribution in [2.75, 3.05) is 13.2 Å². The number of rotatable bonds is 4. The van der Waals surface area contributed by atoms with Crippen molar-refractivity contribution in [1.82, 2.24) is 10.2 Å². The normalized spacial score (nSPS) is 22.6. The van der Waals surface area contributed by atoms with Crippen LogP contribution < -0.4 is 5.32 Å². The van der Waals surface area contributed by atoms with Gasteiger partial charge in [-0.2, -0.15) is 0 Å². The van der Waals surface area contributed by atoms with Crippen molar-refractivity contribution in [3.63, 3.8) is 0 Å². The minimum Gasteiger partial charge on any atom is -0.381 e. The molecule has 4 nitrogen and oxygen atoms in total. The van der Waals surface area contributed by atoms with Gasteiger partial charge in [-0.05, 0) is 37.7 Å². The lowest BCUT2D eigenvalue weighted by molar-refractivity contribution is 0.138. The van der Waals surface area contributed by atoms with Crippen molar-refractivity contribution in [2.24, 2.45) is 0 Å². The van der Waals surface area contributed by atoms with Gasteiger partial charge in [-0.15, -0.1) is 0 Å². The van der Waals surface area contributed by atoms with Crippen molar-refractivity contribution in [3.8, 4) is 0 Å². The Morgan fingerprint density at radius 3 is 2.58 bits per heavy atom. The van der Waals surface area contributed by atoms with Gasteiger partial charge in [0.25, 0.3) is 0 Å². The van der Waals surface area contributed by atoms with Gasteiger partial charge in [-0.1, -0.05) is 49.6 Å². The summed E-state index contributed by atoms with van der Waals surface area (Å²) in [6, 6.07) is 11.1. The van der Waals surface area contributed by atoms with Gasteiger partial charge in [-0.3, -0.25) is 0 Å². The monoisotopic (exact) mass is 330 g/mol. The highest BCUT2D eigenvalue weighted by Gasteiger charge is 2.27. The van der Waals surface area contributed by atoms with Gasteiger partial charge >= 0.3 is 6.03 Å². The minimum atomic E-state index is 0.109. The van der Waals surface area contributed by atoms with E-state index in [-0.39, 0.29) is 12.1 Å². The molecule has 1 aromatic rings. The number of hydrogen-bond acceptors (Lipinski definition) is 2. The molecule has 1 saturated heterocycles. The molecule has 0 bridgehead atoms. The van der Waals surface area contributed by atoms with Crippen LogP contribution >= 0.6 is 0 Å². The number of carbonyl (C=O) groups excluding carboxylic acids is 1. The molecule has 2 fully saturated rings. The highest BCUT2D eigenvalue weighted by molar-refractivity contribution is 5.75. The summed E-state index contributed by atoms with van der Waals surface area (Å²) < 4.78 is 5.51. The first kappa shape index (κ1) is 17.3. The molecule has 1 heterocycles. The summed E-state index contributed by atoms with van der Waals surface area (Å²) in [5.41, 5.74) is 1.21. The van der Waals surface area contributed by atoms with Gasteiger partial charge in [0, 0.05) is 31.8 Å². The molecular formula is C20H30N2O2. The molecule has 0 spiro atoms. The largest absolute Gasteiger partial charge is 0.381 e. The summed E-state index contributed by atoms with van der Waals surface area (Å²) in [6.45, 7) is 2.29. The smallest absolute Gasteiger partial charge is 0.318 e. The molecule has 1 atom stereocenters. The number of nitrogens with zero attached hydrogens (tertiary/aromatic N) is 1. The standard InChI is InChI=1S/C20H30N2O2/c23-20(21-18-10-7-14-24-15-13-18)22(19-11-5-2-6-12-19)16-17-8-3-1-4-9-17/h1,3-4,8-9,18-19H,2,5-7,10-16H2,(H,21,23). The quantitative estimate of drug-likeness (QED) is 0.903. The molecule has 1 unspecified atom stereocenters. The third-order valence-electron chi connectivity index (χ3n) is 5.25. The second-order valence-corrected chi connectivity index (χ2v) is 7.10. The van der Waals surface area contributed by atoms with Crippen LogP contribution in [0.2, 0.25) is 0 Å². The van der Waals surface area contributed by atoms with Crippen molar-refractivity contribution in [2.45, 2.75) is 70.0 Å². The fourth-order valence-corrected chi connectivity index (χ4v) is 3.85. The number of carbonyl (C=O) groups is 1. The van der Waals surface area contributed by atoms with E-state index in [1.54, 1.807) is 0 Å². The lowest BCUT2D eigenvalue weighted by atomic mass is 9.94. The van der Waals surface area contributed by atoms with Crippen LogP contribution in [0.1, 0.15) is 56.9 Å². The highest BCUT2D eigenvalue weighted by atomic mass is 16.5. The number of benzene rings is 1. The van der Waals surface area contributed by atoms with E-state index in [0.717, 1.165) is 45.3 Å². The topological polar surface area (TPSA) is 41.6 Å².